The monoisotopic (exact) mass is 430 g/mol. The van der Waals surface area contributed by atoms with Gasteiger partial charge in [0.1, 0.15) is 52.3 Å². The molecule has 5 N–H and O–H groups in total. The highest BCUT2D eigenvalue weighted by Crippen LogP contribution is 2.33. The molecule has 164 valence electrons. The quantitative estimate of drug-likeness (QED) is 0.415. The SMILES string of the molecule is Cc1cc(-c2cc(=O)c3c(O)cc(O)cc3o2)ccc1OC1OC(C)C(O)C(O)C1O. The number of fused-ring (bicyclic) bond motifs is 1. The Kier molecular flexibility index (Phi) is 5.36. The van der Waals surface area contributed by atoms with Crippen LogP contribution in [0.2, 0.25) is 0 Å². The van der Waals surface area contributed by atoms with E-state index in [0.717, 1.165) is 6.07 Å². The molecule has 9 nitrogen and oxygen atoms in total. The number of aromatic hydroxyl groups is 2. The van der Waals surface area contributed by atoms with E-state index in [1.54, 1.807) is 32.0 Å². The van der Waals surface area contributed by atoms with Crippen LogP contribution < -0.4 is 10.2 Å². The van der Waals surface area contributed by atoms with Gasteiger partial charge >= 0.3 is 0 Å². The summed E-state index contributed by atoms with van der Waals surface area (Å²) in [5.41, 5.74) is 0.744. The van der Waals surface area contributed by atoms with Crippen molar-refractivity contribution in [2.75, 3.05) is 0 Å². The molecular weight excluding hydrogens is 408 g/mol. The summed E-state index contributed by atoms with van der Waals surface area (Å²) in [6.45, 7) is 3.29. The Hall–Kier alpha value is -3.11. The van der Waals surface area contributed by atoms with Crippen LogP contribution in [0.25, 0.3) is 22.3 Å². The molecule has 9 heteroatoms. The minimum Gasteiger partial charge on any atom is -0.508 e. The molecule has 1 aliphatic rings. The lowest BCUT2D eigenvalue weighted by Gasteiger charge is -2.39. The molecule has 0 bridgehead atoms. The summed E-state index contributed by atoms with van der Waals surface area (Å²) in [5.74, 6) is -0.0270. The van der Waals surface area contributed by atoms with E-state index < -0.39 is 36.1 Å². The third-order valence-electron chi connectivity index (χ3n) is 5.31. The third-order valence-corrected chi connectivity index (χ3v) is 5.31. The zero-order valence-corrected chi connectivity index (χ0v) is 16.7. The number of aryl methyl sites for hydroxylation is 1. The van der Waals surface area contributed by atoms with E-state index in [1.807, 2.05) is 0 Å². The highest BCUT2D eigenvalue weighted by molar-refractivity contribution is 5.86. The number of phenols is 2. The summed E-state index contributed by atoms with van der Waals surface area (Å²) in [6, 6.07) is 8.44. The molecule has 2 heterocycles. The van der Waals surface area contributed by atoms with E-state index in [1.165, 1.54) is 12.1 Å². The summed E-state index contributed by atoms with van der Waals surface area (Å²) in [4.78, 5) is 12.4. The van der Waals surface area contributed by atoms with Crippen LogP contribution in [0, 0.1) is 6.92 Å². The second-order valence-corrected chi connectivity index (χ2v) is 7.59. The minimum absolute atomic E-state index is 0.0310. The molecule has 5 unspecified atom stereocenters. The molecule has 1 aromatic heterocycles. The average molecular weight is 430 g/mol. The first kappa shape index (κ1) is 21.1. The Morgan fingerprint density at radius 3 is 2.42 bits per heavy atom. The van der Waals surface area contributed by atoms with Gasteiger partial charge in [-0.2, -0.15) is 0 Å². The highest BCUT2D eigenvalue weighted by Gasteiger charge is 2.43. The van der Waals surface area contributed by atoms with E-state index in [4.69, 9.17) is 13.9 Å². The standard InChI is InChI=1S/C22H22O9/c1-9-5-11(16-8-14(25)18-13(24)6-12(23)7-17(18)30-16)3-4-15(9)31-22-21(28)20(27)19(26)10(2)29-22/h3-8,10,19-24,26-28H,1-2H3. The summed E-state index contributed by atoms with van der Waals surface area (Å²) in [6.07, 6.45) is -5.99. The van der Waals surface area contributed by atoms with Crippen molar-refractivity contribution in [2.24, 2.45) is 0 Å². The Bertz CT molecular complexity index is 1190. The van der Waals surface area contributed by atoms with Gasteiger partial charge < -0.3 is 39.4 Å². The van der Waals surface area contributed by atoms with Gasteiger partial charge in [-0.3, -0.25) is 4.79 Å². The summed E-state index contributed by atoms with van der Waals surface area (Å²) in [7, 11) is 0. The largest absolute Gasteiger partial charge is 0.508 e. The predicted molar refractivity (Wildman–Crippen MR) is 109 cm³/mol. The summed E-state index contributed by atoms with van der Waals surface area (Å²) < 4.78 is 16.9. The van der Waals surface area contributed by atoms with Crippen LogP contribution in [0.1, 0.15) is 12.5 Å². The number of ether oxygens (including phenoxy) is 2. The fourth-order valence-corrected chi connectivity index (χ4v) is 3.57. The topological polar surface area (TPSA) is 150 Å². The molecule has 2 aromatic carbocycles. The van der Waals surface area contributed by atoms with Crippen LogP contribution in [0.4, 0.5) is 0 Å². The summed E-state index contributed by atoms with van der Waals surface area (Å²) in [5, 5.41) is 49.4. The zero-order chi connectivity index (χ0) is 22.4. The van der Waals surface area contributed by atoms with E-state index in [0.29, 0.717) is 16.9 Å². The number of hydrogen-bond donors (Lipinski definition) is 5. The van der Waals surface area contributed by atoms with Gasteiger partial charge in [0.2, 0.25) is 6.29 Å². The highest BCUT2D eigenvalue weighted by atomic mass is 16.7. The molecule has 0 spiro atoms. The van der Waals surface area contributed by atoms with Gasteiger partial charge in [-0.15, -0.1) is 0 Å². The van der Waals surface area contributed by atoms with E-state index in [2.05, 4.69) is 0 Å². The van der Waals surface area contributed by atoms with Crippen LogP contribution >= 0.6 is 0 Å². The fraction of sp³-hybridized carbons (Fsp3) is 0.318. The first-order chi connectivity index (χ1) is 14.7. The molecule has 0 aliphatic carbocycles. The molecule has 0 radical (unpaired) electrons. The Morgan fingerprint density at radius 1 is 0.968 bits per heavy atom. The van der Waals surface area contributed by atoms with E-state index in [9.17, 15) is 30.3 Å². The summed E-state index contributed by atoms with van der Waals surface area (Å²) >= 11 is 0. The number of aliphatic hydroxyl groups excluding tert-OH is 3. The van der Waals surface area contributed by atoms with Crippen molar-refractivity contribution in [1.29, 1.82) is 0 Å². The maximum Gasteiger partial charge on any atom is 0.229 e. The van der Waals surface area contributed by atoms with Crippen molar-refractivity contribution in [3.63, 3.8) is 0 Å². The van der Waals surface area contributed by atoms with E-state index in [-0.39, 0.29) is 28.2 Å². The number of aliphatic hydroxyl groups is 3. The lowest BCUT2D eigenvalue weighted by molar-refractivity contribution is -0.268. The lowest BCUT2D eigenvalue weighted by Crippen LogP contribution is -2.58. The molecule has 1 aliphatic heterocycles. The molecule has 5 atom stereocenters. The third kappa shape index (κ3) is 3.84. The lowest BCUT2D eigenvalue weighted by atomic mass is 10.00. The smallest absolute Gasteiger partial charge is 0.229 e. The van der Waals surface area contributed by atoms with Gasteiger partial charge in [0.05, 0.1) is 6.10 Å². The van der Waals surface area contributed by atoms with Crippen LogP contribution in [-0.2, 0) is 4.74 Å². The van der Waals surface area contributed by atoms with Crippen LogP contribution in [0.5, 0.6) is 17.2 Å². The second kappa shape index (κ2) is 7.86. The van der Waals surface area contributed by atoms with E-state index >= 15 is 0 Å². The van der Waals surface area contributed by atoms with Crippen molar-refractivity contribution < 1.29 is 39.4 Å². The van der Waals surface area contributed by atoms with Gasteiger partial charge in [0.25, 0.3) is 0 Å². The van der Waals surface area contributed by atoms with Crippen molar-refractivity contribution in [1.82, 2.24) is 0 Å². The molecule has 31 heavy (non-hydrogen) atoms. The molecule has 0 amide bonds. The van der Waals surface area contributed by atoms with Gasteiger partial charge in [0, 0.05) is 23.8 Å². The first-order valence-corrected chi connectivity index (χ1v) is 9.63. The molecular formula is C22H22O9. The zero-order valence-electron chi connectivity index (χ0n) is 16.7. The number of phenolic OH excluding ortho intramolecular Hbond substituents is 2. The number of rotatable bonds is 3. The van der Waals surface area contributed by atoms with Crippen LogP contribution in [0.15, 0.2) is 45.6 Å². The normalized spacial score (nSPS) is 26.2. The fourth-order valence-electron chi connectivity index (χ4n) is 3.57. The van der Waals surface area contributed by atoms with Crippen molar-refractivity contribution in [3.8, 4) is 28.6 Å². The van der Waals surface area contributed by atoms with Crippen molar-refractivity contribution in [3.05, 3.63) is 52.2 Å². The van der Waals surface area contributed by atoms with Gasteiger partial charge in [-0.05, 0) is 37.6 Å². The van der Waals surface area contributed by atoms with Crippen LogP contribution in [0.3, 0.4) is 0 Å². The van der Waals surface area contributed by atoms with Gasteiger partial charge in [-0.25, -0.2) is 0 Å². The molecule has 1 fully saturated rings. The van der Waals surface area contributed by atoms with Crippen LogP contribution in [-0.4, -0.2) is 56.2 Å². The van der Waals surface area contributed by atoms with Crippen molar-refractivity contribution >= 4 is 11.0 Å². The molecule has 3 aromatic rings. The maximum absolute atomic E-state index is 12.4. The molecule has 1 saturated heterocycles. The predicted octanol–water partition coefficient (Wildman–Crippen LogP) is 1.39. The number of benzene rings is 2. The van der Waals surface area contributed by atoms with Gasteiger partial charge in [-0.1, -0.05) is 0 Å². The Balaban J connectivity index is 1.64. The molecule has 4 rings (SSSR count). The average Bonchev–Trinajstić information content (AvgIpc) is 2.70. The molecule has 0 saturated carbocycles. The Morgan fingerprint density at radius 2 is 1.71 bits per heavy atom. The maximum atomic E-state index is 12.4. The first-order valence-electron chi connectivity index (χ1n) is 9.63. The van der Waals surface area contributed by atoms with Crippen molar-refractivity contribution in [2.45, 2.75) is 44.6 Å². The Labute approximate surface area is 176 Å². The second-order valence-electron chi connectivity index (χ2n) is 7.59. The number of hydrogen-bond acceptors (Lipinski definition) is 9. The minimum atomic E-state index is -1.44. The van der Waals surface area contributed by atoms with Gasteiger partial charge in [0.15, 0.2) is 5.43 Å².